The van der Waals surface area contributed by atoms with Gasteiger partial charge in [0, 0.05) is 60.7 Å². The molecule has 146 valence electrons. The van der Waals surface area contributed by atoms with Crippen molar-refractivity contribution in [1.29, 1.82) is 0 Å². The van der Waals surface area contributed by atoms with Crippen molar-refractivity contribution in [2.75, 3.05) is 13.2 Å². The number of rotatable bonds is 2. The fraction of sp³-hybridized carbons (Fsp3) is 0.714. The molecular weight excluding hydrogens is 406 g/mol. The van der Waals surface area contributed by atoms with Crippen LogP contribution < -0.4 is 5.32 Å². The third-order valence-electron chi connectivity index (χ3n) is 7.55. The third kappa shape index (κ3) is 2.95. The molecule has 0 radical (unpaired) electrons. The minimum atomic E-state index is -0.174. The minimum absolute atomic E-state index is 0.174. The molecule has 1 spiro atoms. The lowest BCUT2D eigenvalue weighted by Gasteiger charge is -2.32. The molecule has 4 heterocycles. The number of hydrogen-bond acceptors (Lipinski definition) is 4. The fourth-order valence-corrected chi connectivity index (χ4v) is 6.36. The molecular formula is C21H28BrN3O2. The van der Waals surface area contributed by atoms with E-state index in [0.717, 1.165) is 62.8 Å². The Bertz CT molecular complexity index is 751. The van der Waals surface area contributed by atoms with Crippen LogP contribution >= 0.6 is 15.9 Å². The zero-order valence-corrected chi connectivity index (χ0v) is 17.5. The molecule has 1 N–H and O–H groups in total. The molecule has 6 heteroatoms. The predicted molar refractivity (Wildman–Crippen MR) is 106 cm³/mol. The lowest BCUT2D eigenvalue weighted by Crippen LogP contribution is -2.42. The maximum absolute atomic E-state index is 13.6. The van der Waals surface area contributed by atoms with E-state index >= 15 is 0 Å². The van der Waals surface area contributed by atoms with Gasteiger partial charge < -0.3 is 15.0 Å². The molecule has 1 saturated carbocycles. The van der Waals surface area contributed by atoms with E-state index in [4.69, 9.17) is 4.74 Å². The molecule has 2 unspecified atom stereocenters. The topological polar surface area (TPSA) is 54.5 Å². The van der Waals surface area contributed by atoms with Crippen LogP contribution in [0.2, 0.25) is 0 Å². The van der Waals surface area contributed by atoms with Gasteiger partial charge in [0.25, 0.3) is 0 Å². The van der Waals surface area contributed by atoms with E-state index in [9.17, 15) is 4.79 Å². The van der Waals surface area contributed by atoms with Gasteiger partial charge in [-0.25, -0.2) is 0 Å². The van der Waals surface area contributed by atoms with Gasteiger partial charge in [-0.05, 0) is 65.6 Å². The summed E-state index contributed by atoms with van der Waals surface area (Å²) in [6.45, 7) is 4.75. The van der Waals surface area contributed by atoms with Crippen LogP contribution in [0.4, 0.5) is 0 Å². The summed E-state index contributed by atoms with van der Waals surface area (Å²) >= 11 is 3.52. The monoisotopic (exact) mass is 433 g/mol. The summed E-state index contributed by atoms with van der Waals surface area (Å²) in [5.41, 5.74) is 2.20. The molecule has 1 aromatic rings. The van der Waals surface area contributed by atoms with Crippen molar-refractivity contribution in [3.05, 3.63) is 28.0 Å². The van der Waals surface area contributed by atoms with Crippen LogP contribution in [0.3, 0.4) is 0 Å². The van der Waals surface area contributed by atoms with Crippen LogP contribution in [0.1, 0.15) is 50.3 Å². The summed E-state index contributed by atoms with van der Waals surface area (Å²) in [7, 11) is 0. The number of pyridine rings is 1. The number of hydrogen-bond donors (Lipinski definition) is 1. The van der Waals surface area contributed by atoms with Gasteiger partial charge in [-0.15, -0.1) is 0 Å². The van der Waals surface area contributed by atoms with Crippen molar-refractivity contribution in [2.24, 2.45) is 11.3 Å². The maximum Gasteiger partial charge on any atom is 0.229 e. The zero-order chi connectivity index (χ0) is 18.6. The Labute approximate surface area is 169 Å². The van der Waals surface area contributed by atoms with Gasteiger partial charge >= 0.3 is 0 Å². The fourth-order valence-electron chi connectivity index (χ4n) is 5.98. The first-order valence-electron chi connectivity index (χ1n) is 10.3. The second-order valence-corrected chi connectivity index (χ2v) is 9.82. The number of carbonyl (C=O) groups is 1. The van der Waals surface area contributed by atoms with Crippen molar-refractivity contribution in [2.45, 2.75) is 70.1 Å². The standard InChI is InChI=1S/C21H28BrN3O2/c1-13-19-9-18-14(8-15(22)11-23-18)12-25(19)20(26)21(13)5-2-17(10-21)24-16-3-6-27-7-4-16/h8,11,13,16-17,19,24H,2-7,9-10,12H2,1H3/t13?,17-,19?,21+/m1/s1. The molecule has 4 atom stereocenters. The summed E-state index contributed by atoms with van der Waals surface area (Å²) in [5.74, 6) is 0.784. The van der Waals surface area contributed by atoms with E-state index < -0.39 is 0 Å². The first-order chi connectivity index (χ1) is 13.1. The van der Waals surface area contributed by atoms with Gasteiger partial charge in [-0.3, -0.25) is 9.78 Å². The highest BCUT2D eigenvalue weighted by Gasteiger charge is 2.60. The Hall–Kier alpha value is -0.980. The van der Waals surface area contributed by atoms with E-state index in [1.54, 1.807) is 0 Å². The average Bonchev–Trinajstić information content (AvgIpc) is 3.18. The second-order valence-electron chi connectivity index (χ2n) is 8.90. The Morgan fingerprint density at radius 1 is 1.30 bits per heavy atom. The number of nitrogens with one attached hydrogen (secondary N) is 1. The largest absolute Gasteiger partial charge is 0.381 e. The highest BCUT2D eigenvalue weighted by atomic mass is 79.9. The van der Waals surface area contributed by atoms with Gasteiger partial charge in [0.1, 0.15) is 0 Å². The van der Waals surface area contributed by atoms with Crippen molar-refractivity contribution in [1.82, 2.24) is 15.2 Å². The summed E-state index contributed by atoms with van der Waals surface area (Å²) in [6.07, 6.45) is 8.10. The van der Waals surface area contributed by atoms with Crippen LogP contribution in [-0.4, -0.2) is 47.1 Å². The van der Waals surface area contributed by atoms with E-state index in [1.807, 2.05) is 6.20 Å². The van der Waals surface area contributed by atoms with Crippen LogP contribution in [0.5, 0.6) is 0 Å². The smallest absolute Gasteiger partial charge is 0.229 e. The molecule has 1 aliphatic carbocycles. The molecule has 1 aromatic heterocycles. The van der Waals surface area contributed by atoms with Crippen LogP contribution in [0.15, 0.2) is 16.7 Å². The van der Waals surface area contributed by atoms with Crippen molar-refractivity contribution >= 4 is 21.8 Å². The molecule has 27 heavy (non-hydrogen) atoms. The van der Waals surface area contributed by atoms with Crippen molar-refractivity contribution < 1.29 is 9.53 Å². The third-order valence-corrected chi connectivity index (χ3v) is 7.98. The van der Waals surface area contributed by atoms with Crippen LogP contribution in [0, 0.1) is 11.3 Å². The van der Waals surface area contributed by atoms with E-state index in [-0.39, 0.29) is 5.41 Å². The number of carbonyl (C=O) groups excluding carboxylic acids is 1. The van der Waals surface area contributed by atoms with E-state index in [1.165, 1.54) is 11.3 Å². The van der Waals surface area contributed by atoms with Gasteiger partial charge in [-0.2, -0.15) is 0 Å². The molecule has 0 aromatic carbocycles. The van der Waals surface area contributed by atoms with E-state index in [0.29, 0.717) is 30.0 Å². The Balaban J connectivity index is 1.34. The minimum Gasteiger partial charge on any atom is -0.381 e. The quantitative estimate of drug-likeness (QED) is 0.778. The predicted octanol–water partition coefficient (Wildman–Crippen LogP) is 3.05. The molecule has 2 saturated heterocycles. The maximum atomic E-state index is 13.6. The summed E-state index contributed by atoms with van der Waals surface area (Å²) in [5, 5.41) is 3.85. The van der Waals surface area contributed by atoms with Crippen molar-refractivity contribution in [3.63, 3.8) is 0 Å². The Morgan fingerprint density at radius 3 is 2.93 bits per heavy atom. The van der Waals surface area contributed by atoms with E-state index in [2.05, 4.69) is 44.1 Å². The number of nitrogens with zero attached hydrogens (tertiary/aromatic N) is 2. The number of amides is 1. The molecule has 0 bridgehead atoms. The molecule has 1 amide bonds. The Kier molecular flexibility index (Phi) is 4.56. The van der Waals surface area contributed by atoms with Gasteiger partial charge in [0.2, 0.25) is 5.91 Å². The molecule has 5 rings (SSSR count). The van der Waals surface area contributed by atoms with Crippen LogP contribution in [-0.2, 0) is 22.5 Å². The van der Waals surface area contributed by atoms with Gasteiger partial charge in [-0.1, -0.05) is 6.92 Å². The number of fused-ring (bicyclic) bond motifs is 2. The second kappa shape index (κ2) is 6.82. The van der Waals surface area contributed by atoms with Crippen molar-refractivity contribution in [3.8, 4) is 0 Å². The van der Waals surface area contributed by atoms with Gasteiger partial charge in [0.15, 0.2) is 0 Å². The molecule has 3 fully saturated rings. The number of halogens is 1. The zero-order valence-electron chi connectivity index (χ0n) is 15.9. The summed E-state index contributed by atoms with van der Waals surface area (Å²) in [4.78, 5) is 20.4. The highest BCUT2D eigenvalue weighted by Crippen LogP contribution is 2.54. The highest BCUT2D eigenvalue weighted by molar-refractivity contribution is 9.10. The first kappa shape index (κ1) is 18.1. The molecule has 3 aliphatic heterocycles. The Morgan fingerprint density at radius 2 is 2.11 bits per heavy atom. The number of ether oxygens (including phenoxy) is 1. The molecule has 4 aliphatic rings. The lowest BCUT2D eigenvalue weighted by atomic mass is 9.73. The first-order valence-corrected chi connectivity index (χ1v) is 11.1. The molecule has 5 nitrogen and oxygen atoms in total. The number of aromatic nitrogens is 1. The summed E-state index contributed by atoms with van der Waals surface area (Å²) in [6, 6.07) is 3.46. The van der Waals surface area contributed by atoms with Crippen LogP contribution in [0.25, 0.3) is 0 Å². The average molecular weight is 434 g/mol. The SMILES string of the molecule is CC1C2Cc3ncc(Br)cc3CN2C(=O)[C@]12CC[C@@H](NC1CCOCC1)C2. The summed E-state index contributed by atoms with van der Waals surface area (Å²) < 4.78 is 6.48. The lowest BCUT2D eigenvalue weighted by molar-refractivity contribution is -0.137. The van der Waals surface area contributed by atoms with Gasteiger partial charge in [0.05, 0.1) is 5.41 Å². The normalized spacial score (nSPS) is 36.3.